The normalized spacial score (nSPS) is 15.1. The third-order valence-electron chi connectivity index (χ3n) is 4.50. The molecule has 2 atom stereocenters. The van der Waals surface area contributed by atoms with Gasteiger partial charge in [0.05, 0.1) is 7.11 Å². The van der Waals surface area contributed by atoms with Crippen LogP contribution in [0.1, 0.15) is 40.7 Å². The van der Waals surface area contributed by atoms with Gasteiger partial charge in [-0.15, -0.1) is 0 Å². The lowest BCUT2D eigenvalue weighted by Gasteiger charge is -2.31. The molecule has 0 saturated carbocycles. The zero-order valence-corrected chi connectivity index (χ0v) is 15.1. The zero-order valence-electron chi connectivity index (χ0n) is 15.1. The molecule has 2 unspecified atom stereocenters. The summed E-state index contributed by atoms with van der Waals surface area (Å²) in [5.74, 6) is -3.09. The van der Waals surface area contributed by atoms with E-state index in [0.29, 0.717) is 5.56 Å². The van der Waals surface area contributed by atoms with Crippen molar-refractivity contribution in [1.29, 1.82) is 0 Å². The Bertz CT molecular complexity index is 815. The Morgan fingerprint density at radius 1 is 1.15 bits per heavy atom. The van der Waals surface area contributed by atoms with Crippen molar-refractivity contribution in [2.75, 3.05) is 7.11 Å². The van der Waals surface area contributed by atoms with Crippen LogP contribution in [-0.4, -0.2) is 29.8 Å². The van der Waals surface area contributed by atoms with E-state index in [1.54, 1.807) is 6.92 Å². The summed E-state index contributed by atoms with van der Waals surface area (Å²) in [4.78, 5) is 12.5. The molecule has 0 fully saturated rings. The van der Waals surface area contributed by atoms with Crippen LogP contribution in [0.25, 0.3) is 0 Å². The minimum atomic E-state index is -5.17. The summed E-state index contributed by atoms with van der Waals surface area (Å²) in [7, 11) is 1.24. The summed E-state index contributed by atoms with van der Waals surface area (Å²) in [5, 5.41) is 10.4. The first-order chi connectivity index (χ1) is 12.5. The van der Waals surface area contributed by atoms with Crippen LogP contribution in [0.15, 0.2) is 42.5 Å². The maximum Gasteiger partial charge on any atom is 0.424 e. The lowest BCUT2D eigenvalue weighted by atomic mass is 9.81. The van der Waals surface area contributed by atoms with Crippen molar-refractivity contribution in [3.63, 3.8) is 0 Å². The highest BCUT2D eigenvalue weighted by Gasteiger charge is 2.59. The van der Waals surface area contributed by atoms with E-state index in [0.717, 1.165) is 11.6 Å². The maximum absolute atomic E-state index is 13.6. The number of ether oxygens (including phenoxy) is 1. The standard InChI is InChI=1S/C20H20F4O3/c1-12-4-6-14(7-5-12)18(25)19(26,20(22,23)24)11-13(2)15-8-9-16(21)17(10-15)27-3/h4-10,13,26H,11H2,1-3H3. The summed E-state index contributed by atoms with van der Waals surface area (Å²) in [6.07, 6.45) is -6.08. The summed E-state index contributed by atoms with van der Waals surface area (Å²) in [6.45, 7) is 3.15. The number of hydrogen-bond donors (Lipinski definition) is 1. The van der Waals surface area contributed by atoms with Crippen LogP contribution in [-0.2, 0) is 0 Å². The second kappa shape index (κ2) is 7.68. The number of ketones is 1. The Balaban J connectivity index is 2.38. The zero-order chi connectivity index (χ0) is 20.4. The molecule has 3 nitrogen and oxygen atoms in total. The van der Waals surface area contributed by atoms with Crippen molar-refractivity contribution in [3.05, 3.63) is 65.0 Å². The topological polar surface area (TPSA) is 46.5 Å². The summed E-state index contributed by atoms with van der Waals surface area (Å²) in [5.41, 5.74) is -2.71. The molecule has 0 amide bonds. The molecule has 0 saturated heterocycles. The first kappa shape index (κ1) is 20.9. The van der Waals surface area contributed by atoms with E-state index in [2.05, 4.69) is 0 Å². The SMILES string of the molecule is COc1cc(C(C)CC(O)(C(=O)c2ccc(C)cc2)C(F)(F)F)ccc1F. The van der Waals surface area contributed by atoms with Gasteiger partial charge in [0.1, 0.15) is 0 Å². The number of hydrogen-bond acceptors (Lipinski definition) is 3. The minimum absolute atomic E-state index is 0.125. The Morgan fingerprint density at radius 2 is 1.74 bits per heavy atom. The molecule has 146 valence electrons. The number of Topliss-reactive ketones (excluding diaryl/α,β-unsaturated/α-hetero) is 1. The smallest absolute Gasteiger partial charge is 0.424 e. The Morgan fingerprint density at radius 3 is 2.26 bits per heavy atom. The monoisotopic (exact) mass is 384 g/mol. The summed E-state index contributed by atoms with van der Waals surface area (Å²) >= 11 is 0. The lowest BCUT2D eigenvalue weighted by molar-refractivity contribution is -0.240. The van der Waals surface area contributed by atoms with E-state index in [1.165, 1.54) is 50.4 Å². The van der Waals surface area contributed by atoms with Gasteiger partial charge in [-0.25, -0.2) is 4.39 Å². The molecule has 0 spiro atoms. The van der Waals surface area contributed by atoms with E-state index in [9.17, 15) is 27.5 Å². The Hall–Kier alpha value is -2.41. The van der Waals surface area contributed by atoms with Gasteiger partial charge in [0.15, 0.2) is 11.6 Å². The van der Waals surface area contributed by atoms with Gasteiger partial charge >= 0.3 is 6.18 Å². The third kappa shape index (κ3) is 4.30. The molecular weight excluding hydrogens is 364 g/mol. The molecule has 1 N–H and O–H groups in total. The largest absolute Gasteiger partial charge is 0.494 e. The van der Waals surface area contributed by atoms with Crippen LogP contribution in [0.2, 0.25) is 0 Å². The molecule has 2 aromatic rings. The molecule has 27 heavy (non-hydrogen) atoms. The Labute approximate surface area is 154 Å². The molecule has 7 heteroatoms. The van der Waals surface area contributed by atoms with Crippen LogP contribution in [0, 0.1) is 12.7 Å². The van der Waals surface area contributed by atoms with Crippen LogP contribution in [0.3, 0.4) is 0 Å². The van der Waals surface area contributed by atoms with Crippen molar-refractivity contribution in [1.82, 2.24) is 0 Å². The van der Waals surface area contributed by atoms with E-state index in [-0.39, 0.29) is 11.3 Å². The Kier molecular flexibility index (Phi) is 5.94. The predicted octanol–water partition coefficient (Wildman–Crippen LogP) is 4.81. The minimum Gasteiger partial charge on any atom is -0.494 e. The number of carbonyl (C=O) groups excluding carboxylic acids is 1. The van der Waals surface area contributed by atoms with Crippen LogP contribution in [0.5, 0.6) is 5.75 Å². The first-order valence-corrected chi connectivity index (χ1v) is 8.23. The van der Waals surface area contributed by atoms with Gasteiger partial charge in [-0.1, -0.05) is 42.8 Å². The second-order valence-electron chi connectivity index (χ2n) is 6.55. The molecule has 0 radical (unpaired) electrons. The second-order valence-corrected chi connectivity index (χ2v) is 6.55. The molecule has 0 bridgehead atoms. The molecule has 0 heterocycles. The molecule has 2 rings (SSSR count). The number of rotatable bonds is 6. The summed E-state index contributed by atoms with van der Waals surface area (Å²) < 4.78 is 59.3. The van der Waals surface area contributed by atoms with Crippen molar-refractivity contribution in [2.45, 2.75) is 38.0 Å². The van der Waals surface area contributed by atoms with E-state index in [1.807, 2.05) is 0 Å². The van der Waals surface area contributed by atoms with Crippen molar-refractivity contribution < 1.29 is 32.2 Å². The number of carbonyl (C=O) groups is 1. The third-order valence-corrected chi connectivity index (χ3v) is 4.50. The van der Waals surface area contributed by atoms with Crippen molar-refractivity contribution in [2.24, 2.45) is 0 Å². The first-order valence-electron chi connectivity index (χ1n) is 8.23. The average Bonchev–Trinajstić information content (AvgIpc) is 2.61. The fourth-order valence-corrected chi connectivity index (χ4v) is 2.82. The van der Waals surface area contributed by atoms with Gasteiger partial charge in [-0.3, -0.25) is 4.79 Å². The van der Waals surface area contributed by atoms with E-state index < -0.39 is 35.7 Å². The lowest BCUT2D eigenvalue weighted by Crippen LogP contribution is -2.52. The van der Waals surface area contributed by atoms with E-state index in [4.69, 9.17) is 4.74 Å². The van der Waals surface area contributed by atoms with Crippen molar-refractivity contribution in [3.8, 4) is 5.75 Å². The number of halogens is 4. The quantitative estimate of drug-likeness (QED) is 0.574. The van der Waals surface area contributed by atoms with Gasteiger partial charge < -0.3 is 9.84 Å². The maximum atomic E-state index is 13.6. The number of aryl methyl sites for hydroxylation is 1. The van der Waals surface area contributed by atoms with Crippen LogP contribution in [0.4, 0.5) is 17.6 Å². The van der Waals surface area contributed by atoms with Crippen molar-refractivity contribution >= 4 is 5.78 Å². The fraction of sp³-hybridized carbons (Fsp3) is 0.350. The fourth-order valence-electron chi connectivity index (χ4n) is 2.82. The molecule has 0 aliphatic heterocycles. The highest BCUT2D eigenvalue weighted by molar-refractivity contribution is 6.03. The molecule has 0 aromatic heterocycles. The van der Waals surface area contributed by atoms with Gasteiger partial charge in [-0.05, 0) is 37.0 Å². The highest BCUT2D eigenvalue weighted by Crippen LogP contribution is 2.41. The van der Waals surface area contributed by atoms with E-state index >= 15 is 0 Å². The highest BCUT2D eigenvalue weighted by atomic mass is 19.4. The number of alkyl halides is 3. The average molecular weight is 384 g/mol. The molecule has 0 aliphatic rings. The number of methoxy groups -OCH3 is 1. The molecule has 0 aliphatic carbocycles. The van der Waals surface area contributed by atoms with Gasteiger partial charge in [0, 0.05) is 5.56 Å². The number of aliphatic hydroxyl groups is 1. The summed E-state index contributed by atoms with van der Waals surface area (Å²) in [6, 6.07) is 9.12. The van der Waals surface area contributed by atoms with Crippen LogP contribution >= 0.6 is 0 Å². The van der Waals surface area contributed by atoms with Gasteiger partial charge in [-0.2, -0.15) is 13.2 Å². The van der Waals surface area contributed by atoms with Gasteiger partial charge in [0.25, 0.3) is 0 Å². The molecule has 2 aromatic carbocycles. The molecular formula is C20H20F4O3. The van der Waals surface area contributed by atoms with Crippen LogP contribution < -0.4 is 4.74 Å². The number of benzene rings is 2. The predicted molar refractivity (Wildman–Crippen MR) is 92.5 cm³/mol. The van der Waals surface area contributed by atoms with Gasteiger partial charge in [0.2, 0.25) is 11.4 Å².